The number of hydrogen-bond acceptors (Lipinski definition) is 2. The van der Waals surface area contributed by atoms with E-state index >= 15 is 0 Å². The second-order valence-electron chi connectivity index (χ2n) is 5.70. The summed E-state index contributed by atoms with van der Waals surface area (Å²) in [6.45, 7) is 7.58. The summed E-state index contributed by atoms with van der Waals surface area (Å²) in [7, 11) is 1.81. The van der Waals surface area contributed by atoms with E-state index in [-0.39, 0.29) is 24.0 Å². The van der Waals surface area contributed by atoms with Crippen molar-refractivity contribution in [2.75, 3.05) is 13.6 Å². The molecule has 4 nitrogen and oxygen atoms in total. The van der Waals surface area contributed by atoms with Gasteiger partial charge in [0.25, 0.3) is 0 Å². The lowest BCUT2D eigenvalue weighted by Gasteiger charge is -2.18. The molecule has 0 saturated heterocycles. The topological polar surface area (TPSA) is 49.6 Å². The summed E-state index contributed by atoms with van der Waals surface area (Å²) in [5.74, 6) is 2.65. The molecule has 2 N–H and O–H groups in total. The first-order valence-electron chi connectivity index (χ1n) is 7.61. The van der Waals surface area contributed by atoms with Crippen molar-refractivity contribution in [3.05, 3.63) is 24.2 Å². The molecule has 0 fully saturated rings. The highest BCUT2D eigenvalue weighted by Crippen LogP contribution is 2.08. The predicted molar refractivity (Wildman–Crippen MR) is 100 cm³/mol. The Bertz CT molecular complexity index is 377. The van der Waals surface area contributed by atoms with Crippen LogP contribution in [0.1, 0.15) is 45.8 Å². The summed E-state index contributed by atoms with van der Waals surface area (Å²) in [5, 5.41) is 6.75. The largest absolute Gasteiger partial charge is 0.469 e. The minimum atomic E-state index is 0. The van der Waals surface area contributed by atoms with Gasteiger partial charge >= 0.3 is 0 Å². The molecular weight excluding hydrogens is 377 g/mol. The van der Waals surface area contributed by atoms with Crippen LogP contribution in [0.25, 0.3) is 0 Å². The molecule has 122 valence electrons. The molecule has 0 amide bonds. The summed E-state index contributed by atoms with van der Waals surface area (Å²) in [5.41, 5.74) is 0. The van der Waals surface area contributed by atoms with Gasteiger partial charge in [0, 0.05) is 26.1 Å². The average Bonchev–Trinajstić information content (AvgIpc) is 2.90. The first kappa shape index (κ1) is 20.3. The lowest BCUT2D eigenvalue weighted by Crippen LogP contribution is -2.42. The first-order chi connectivity index (χ1) is 9.61. The van der Waals surface area contributed by atoms with Crippen molar-refractivity contribution in [3.63, 3.8) is 0 Å². The van der Waals surface area contributed by atoms with Crippen LogP contribution >= 0.6 is 24.0 Å². The molecule has 0 aliphatic heterocycles. The Balaban J connectivity index is 0.00000400. The van der Waals surface area contributed by atoms with Crippen LogP contribution in [-0.2, 0) is 6.42 Å². The molecule has 1 unspecified atom stereocenters. The van der Waals surface area contributed by atoms with E-state index in [1.54, 1.807) is 6.26 Å². The van der Waals surface area contributed by atoms with Crippen LogP contribution in [0.15, 0.2) is 27.8 Å². The lowest BCUT2D eigenvalue weighted by atomic mass is 10.0. The number of nitrogens with one attached hydrogen (secondary N) is 2. The number of hydrogen-bond donors (Lipinski definition) is 2. The van der Waals surface area contributed by atoms with Crippen LogP contribution in [-0.4, -0.2) is 25.6 Å². The number of nitrogens with zero attached hydrogens (tertiary/aromatic N) is 1. The van der Waals surface area contributed by atoms with Crippen LogP contribution in [0, 0.1) is 5.92 Å². The van der Waals surface area contributed by atoms with Gasteiger partial charge in [-0.1, -0.05) is 26.7 Å². The van der Waals surface area contributed by atoms with Gasteiger partial charge in [-0.3, -0.25) is 4.99 Å². The third-order valence-corrected chi connectivity index (χ3v) is 3.27. The molecule has 21 heavy (non-hydrogen) atoms. The van der Waals surface area contributed by atoms with Crippen molar-refractivity contribution >= 4 is 29.9 Å². The van der Waals surface area contributed by atoms with E-state index in [0.29, 0.717) is 6.04 Å². The maximum absolute atomic E-state index is 5.31. The molecule has 1 aromatic heterocycles. The third kappa shape index (κ3) is 9.77. The number of halogens is 1. The normalized spacial score (nSPS) is 12.9. The van der Waals surface area contributed by atoms with Crippen molar-refractivity contribution in [1.82, 2.24) is 10.6 Å². The summed E-state index contributed by atoms with van der Waals surface area (Å²) in [4.78, 5) is 4.25. The Labute approximate surface area is 146 Å². The smallest absolute Gasteiger partial charge is 0.191 e. The zero-order chi connectivity index (χ0) is 14.8. The molecule has 0 spiro atoms. The van der Waals surface area contributed by atoms with Crippen LogP contribution in [0.4, 0.5) is 0 Å². The standard InChI is InChI=1S/C16H29N3O.HI/c1-13(2)7-5-8-14(3)19-16(17-4)18-11-10-15-9-6-12-20-15;/h6,9,12-14H,5,7-8,10-11H2,1-4H3,(H2,17,18,19);1H. The number of rotatable bonds is 8. The summed E-state index contributed by atoms with van der Waals surface area (Å²) in [6.07, 6.45) is 6.30. The van der Waals surface area contributed by atoms with Crippen LogP contribution in [0.5, 0.6) is 0 Å². The number of aliphatic imine (C=N–C) groups is 1. The van der Waals surface area contributed by atoms with Gasteiger partial charge in [-0.25, -0.2) is 0 Å². The Morgan fingerprint density at radius 3 is 2.62 bits per heavy atom. The molecule has 1 atom stereocenters. The lowest BCUT2D eigenvalue weighted by molar-refractivity contribution is 0.489. The monoisotopic (exact) mass is 407 g/mol. The second kappa shape index (κ2) is 11.9. The molecule has 0 aliphatic carbocycles. The summed E-state index contributed by atoms with van der Waals surface area (Å²) in [6, 6.07) is 4.36. The van der Waals surface area contributed by atoms with Gasteiger partial charge in [-0.05, 0) is 31.4 Å². The minimum Gasteiger partial charge on any atom is -0.469 e. The molecule has 0 aromatic carbocycles. The third-order valence-electron chi connectivity index (χ3n) is 3.27. The Morgan fingerprint density at radius 1 is 1.29 bits per heavy atom. The zero-order valence-corrected chi connectivity index (χ0v) is 16.0. The van der Waals surface area contributed by atoms with Crippen molar-refractivity contribution < 1.29 is 4.42 Å². The van der Waals surface area contributed by atoms with Crippen molar-refractivity contribution in [3.8, 4) is 0 Å². The van der Waals surface area contributed by atoms with Crippen LogP contribution < -0.4 is 10.6 Å². The highest BCUT2D eigenvalue weighted by molar-refractivity contribution is 14.0. The van der Waals surface area contributed by atoms with Gasteiger partial charge in [0.05, 0.1) is 6.26 Å². The molecule has 0 aliphatic rings. The van der Waals surface area contributed by atoms with Gasteiger partial charge in [-0.15, -0.1) is 24.0 Å². The summed E-state index contributed by atoms with van der Waals surface area (Å²) < 4.78 is 5.31. The van der Waals surface area contributed by atoms with E-state index in [9.17, 15) is 0 Å². The highest BCUT2D eigenvalue weighted by Gasteiger charge is 2.05. The van der Waals surface area contributed by atoms with E-state index in [1.807, 2.05) is 19.2 Å². The maximum Gasteiger partial charge on any atom is 0.191 e. The fraction of sp³-hybridized carbons (Fsp3) is 0.688. The summed E-state index contributed by atoms with van der Waals surface area (Å²) >= 11 is 0. The van der Waals surface area contributed by atoms with E-state index in [0.717, 1.165) is 30.6 Å². The van der Waals surface area contributed by atoms with Crippen molar-refractivity contribution in [2.24, 2.45) is 10.9 Å². The highest BCUT2D eigenvalue weighted by atomic mass is 127. The SMILES string of the molecule is CN=C(NCCc1ccco1)NC(C)CCCC(C)C.I. The fourth-order valence-electron chi connectivity index (χ4n) is 2.09. The first-order valence-corrected chi connectivity index (χ1v) is 7.61. The molecule has 0 radical (unpaired) electrons. The molecule has 1 aromatic rings. The predicted octanol–water partition coefficient (Wildman–Crippen LogP) is 3.82. The molecule has 0 saturated carbocycles. The molecule has 0 bridgehead atoms. The minimum absolute atomic E-state index is 0. The van der Waals surface area contributed by atoms with Gasteiger partial charge < -0.3 is 15.1 Å². The fourth-order valence-corrected chi connectivity index (χ4v) is 2.09. The van der Waals surface area contributed by atoms with Gasteiger partial charge in [-0.2, -0.15) is 0 Å². The number of guanidine groups is 1. The molecule has 1 heterocycles. The van der Waals surface area contributed by atoms with Gasteiger partial charge in [0.2, 0.25) is 0 Å². The van der Waals surface area contributed by atoms with E-state index in [2.05, 4.69) is 36.4 Å². The van der Waals surface area contributed by atoms with Crippen molar-refractivity contribution in [1.29, 1.82) is 0 Å². The van der Waals surface area contributed by atoms with Crippen LogP contribution in [0.3, 0.4) is 0 Å². The molecule has 1 rings (SSSR count). The molecule has 5 heteroatoms. The average molecular weight is 407 g/mol. The Morgan fingerprint density at radius 2 is 2.05 bits per heavy atom. The number of furan rings is 1. The van der Waals surface area contributed by atoms with Crippen LogP contribution in [0.2, 0.25) is 0 Å². The van der Waals surface area contributed by atoms with Gasteiger partial charge in [0.15, 0.2) is 5.96 Å². The Hall–Kier alpha value is -0.720. The molecular formula is C16H30IN3O. The van der Waals surface area contributed by atoms with E-state index in [4.69, 9.17) is 4.42 Å². The van der Waals surface area contributed by atoms with E-state index < -0.39 is 0 Å². The van der Waals surface area contributed by atoms with Gasteiger partial charge in [0.1, 0.15) is 5.76 Å². The van der Waals surface area contributed by atoms with E-state index in [1.165, 1.54) is 19.3 Å². The maximum atomic E-state index is 5.31. The zero-order valence-electron chi connectivity index (χ0n) is 13.7. The second-order valence-corrected chi connectivity index (χ2v) is 5.70. The van der Waals surface area contributed by atoms with Crippen molar-refractivity contribution in [2.45, 2.75) is 52.5 Å². The Kier molecular flexibility index (Phi) is 11.5. The quantitative estimate of drug-likeness (QED) is 0.391.